The van der Waals surface area contributed by atoms with Crippen LogP contribution >= 0.6 is 11.6 Å². The second-order valence-corrected chi connectivity index (χ2v) is 3.63. The van der Waals surface area contributed by atoms with Crippen LogP contribution < -0.4 is 4.74 Å². The lowest BCUT2D eigenvalue weighted by Crippen LogP contribution is -2.12. The zero-order valence-corrected chi connectivity index (χ0v) is 10.5. The number of allylic oxidation sites excluding steroid dienone is 1. The van der Waals surface area contributed by atoms with Crippen LogP contribution in [0.3, 0.4) is 0 Å². The van der Waals surface area contributed by atoms with Gasteiger partial charge in [0.1, 0.15) is 11.3 Å². The summed E-state index contributed by atoms with van der Waals surface area (Å²) in [4.78, 5) is 22.3. The van der Waals surface area contributed by atoms with Crippen LogP contribution in [0.1, 0.15) is 17.3 Å². The van der Waals surface area contributed by atoms with Crippen molar-refractivity contribution in [2.45, 2.75) is 6.92 Å². The Bertz CT molecular complexity index is 507. The first kappa shape index (κ1) is 14.1. The van der Waals surface area contributed by atoms with Gasteiger partial charge >= 0.3 is 11.9 Å². The van der Waals surface area contributed by atoms with Gasteiger partial charge in [0.25, 0.3) is 0 Å². The Labute approximate surface area is 109 Å². The van der Waals surface area contributed by atoms with Crippen LogP contribution in [0.4, 0.5) is 0 Å². The molecule has 0 amide bonds. The van der Waals surface area contributed by atoms with Gasteiger partial charge in [-0.15, -0.1) is 0 Å². The fourth-order valence-corrected chi connectivity index (χ4v) is 1.37. The molecule has 1 aromatic carbocycles. The number of hydrogen-bond donors (Lipinski definition) is 1. The standard InChI is InChI=1S/C12H11ClO5/c1-3-9(12(16)17-2)18-10-5-4-7(13)6-8(10)11(14)15/h3-6H,1-2H3,(H,14,15)/b9-3-. The third kappa shape index (κ3) is 3.24. The Hall–Kier alpha value is -2.01. The highest BCUT2D eigenvalue weighted by molar-refractivity contribution is 6.31. The molecule has 6 heteroatoms. The molecule has 0 heterocycles. The average molecular weight is 271 g/mol. The first-order chi connectivity index (χ1) is 8.49. The van der Waals surface area contributed by atoms with E-state index in [9.17, 15) is 9.59 Å². The lowest BCUT2D eigenvalue weighted by molar-refractivity contribution is -0.138. The number of benzene rings is 1. The zero-order chi connectivity index (χ0) is 13.7. The fraction of sp³-hybridized carbons (Fsp3) is 0.167. The van der Waals surface area contributed by atoms with E-state index in [4.69, 9.17) is 21.4 Å². The SMILES string of the molecule is C/C=C(\Oc1ccc(Cl)cc1C(=O)O)C(=O)OC. The predicted octanol–water partition coefficient (Wildman–Crippen LogP) is 2.49. The fourth-order valence-electron chi connectivity index (χ4n) is 1.20. The van der Waals surface area contributed by atoms with Gasteiger partial charge in [0, 0.05) is 5.02 Å². The summed E-state index contributed by atoms with van der Waals surface area (Å²) < 4.78 is 9.70. The number of carbonyl (C=O) groups is 2. The minimum absolute atomic E-state index is 0.0189. The molecule has 0 radical (unpaired) electrons. The average Bonchev–Trinajstić information content (AvgIpc) is 2.36. The molecule has 1 aromatic rings. The maximum atomic E-state index is 11.3. The molecule has 0 atom stereocenters. The van der Waals surface area contributed by atoms with Crippen molar-refractivity contribution >= 4 is 23.5 Å². The summed E-state index contributed by atoms with van der Waals surface area (Å²) in [6.45, 7) is 1.57. The molecule has 18 heavy (non-hydrogen) atoms. The lowest BCUT2D eigenvalue weighted by Gasteiger charge is -2.10. The van der Waals surface area contributed by atoms with E-state index in [-0.39, 0.29) is 22.1 Å². The monoisotopic (exact) mass is 270 g/mol. The number of halogens is 1. The van der Waals surface area contributed by atoms with Gasteiger partial charge in [0.05, 0.1) is 7.11 Å². The summed E-state index contributed by atoms with van der Waals surface area (Å²) in [6.07, 6.45) is 1.38. The van der Waals surface area contributed by atoms with E-state index < -0.39 is 11.9 Å². The van der Waals surface area contributed by atoms with E-state index in [0.717, 1.165) is 0 Å². The summed E-state index contributed by atoms with van der Waals surface area (Å²) in [6, 6.07) is 4.08. The molecule has 1 N–H and O–H groups in total. The third-order valence-corrected chi connectivity index (χ3v) is 2.28. The number of hydrogen-bond acceptors (Lipinski definition) is 4. The molecule has 0 saturated carbocycles. The van der Waals surface area contributed by atoms with Gasteiger partial charge in [-0.2, -0.15) is 0 Å². The van der Waals surface area contributed by atoms with Crippen molar-refractivity contribution in [2.24, 2.45) is 0 Å². The Morgan fingerprint density at radius 3 is 2.56 bits per heavy atom. The molecule has 0 aromatic heterocycles. The van der Waals surface area contributed by atoms with Gasteiger partial charge in [0.15, 0.2) is 0 Å². The molecule has 96 valence electrons. The summed E-state index contributed by atoms with van der Waals surface area (Å²) in [5, 5.41) is 9.26. The van der Waals surface area contributed by atoms with Crippen LogP contribution in [-0.4, -0.2) is 24.2 Å². The number of ether oxygens (including phenoxy) is 2. The van der Waals surface area contributed by atoms with Crippen molar-refractivity contribution in [3.8, 4) is 5.75 Å². The molecular weight excluding hydrogens is 260 g/mol. The van der Waals surface area contributed by atoms with Crippen molar-refractivity contribution in [1.82, 2.24) is 0 Å². The van der Waals surface area contributed by atoms with E-state index in [1.807, 2.05) is 0 Å². The van der Waals surface area contributed by atoms with E-state index >= 15 is 0 Å². The van der Waals surface area contributed by atoms with Crippen LogP contribution in [0, 0.1) is 0 Å². The Morgan fingerprint density at radius 2 is 2.06 bits per heavy atom. The molecule has 0 aliphatic rings. The van der Waals surface area contributed by atoms with Gasteiger partial charge < -0.3 is 14.6 Å². The zero-order valence-electron chi connectivity index (χ0n) is 9.77. The molecule has 1 rings (SSSR count). The van der Waals surface area contributed by atoms with Gasteiger partial charge in [-0.25, -0.2) is 9.59 Å². The van der Waals surface area contributed by atoms with E-state index in [1.54, 1.807) is 6.92 Å². The van der Waals surface area contributed by atoms with Crippen LogP contribution in [-0.2, 0) is 9.53 Å². The Kier molecular flexibility index (Phi) is 4.74. The highest BCUT2D eigenvalue weighted by Crippen LogP contribution is 2.24. The molecule has 0 aliphatic heterocycles. The van der Waals surface area contributed by atoms with Crippen LogP contribution in [0.25, 0.3) is 0 Å². The highest BCUT2D eigenvalue weighted by Gasteiger charge is 2.17. The van der Waals surface area contributed by atoms with Gasteiger partial charge in [-0.1, -0.05) is 11.6 Å². The Balaban J connectivity index is 3.11. The number of methoxy groups -OCH3 is 1. The van der Waals surface area contributed by atoms with Crippen LogP contribution in [0.5, 0.6) is 5.75 Å². The molecule has 0 unspecified atom stereocenters. The number of esters is 1. The van der Waals surface area contributed by atoms with Crippen molar-refractivity contribution in [3.05, 3.63) is 40.6 Å². The van der Waals surface area contributed by atoms with Crippen molar-refractivity contribution in [1.29, 1.82) is 0 Å². The first-order valence-corrected chi connectivity index (χ1v) is 5.32. The maximum absolute atomic E-state index is 11.3. The predicted molar refractivity (Wildman–Crippen MR) is 64.8 cm³/mol. The molecule has 0 spiro atoms. The number of carboxylic acids is 1. The summed E-state index contributed by atoms with van der Waals surface area (Å²) in [5.74, 6) is -1.97. The summed E-state index contributed by atoms with van der Waals surface area (Å²) >= 11 is 5.70. The maximum Gasteiger partial charge on any atom is 0.373 e. The van der Waals surface area contributed by atoms with Gasteiger partial charge in [-0.3, -0.25) is 0 Å². The number of carboxylic acid groups (broad SMARTS) is 1. The Morgan fingerprint density at radius 1 is 1.39 bits per heavy atom. The summed E-state index contributed by atoms with van der Waals surface area (Å²) in [5.41, 5.74) is -0.134. The van der Waals surface area contributed by atoms with E-state index in [1.165, 1.54) is 31.4 Å². The molecular formula is C12H11ClO5. The van der Waals surface area contributed by atoms with Crippen molar-refractivity contribution < 1.29 is 24.2 Å². The molecule has 0 saturated heterocycles. The second-order valence-electron chi connectivity index (χ2n) is 3.19. The largest absolute Gasteiger partial charge is 0.478 e. The second kappa shape index (κ2) is 6.07. The minimum atomic E-state index is -1.20. The van der Waals surface area contributed by atoms with Crippen molar-refractivity contribution in [3.63, 3.8) is 0 Å². The molecule has 0 fully saturated rings. The normalized spacial score (nSPS) is 10.9. The van der Waals surface area contributed by atoms with Crippen LogP contribution in [0.2, 0.25) is 5.02 Å². The van der Waals surface area contributed by atoms with Gasteiger partial charge in [-0.05, 0) is 31.2 Å². The molecule has 0 bridgehead atoms. The van der Waals surface area contributed by atoms with Crippen molar-refractivity contribution in [2.75, 3.05) is 7.11 Å². The third-order valence-electron chi connectivity index (χ3n) is 2.04. The smallest absolute Gasteiger partial charge is 0.373 e. The van der Waals surface area contributed by atoms with Crippen LogP contribution in [0.15, 0.2) is 30.0 Å². The lowest BCUT2D eigenvalue weighted by atomic mass is 10.2. The quantitative estimate of drug-likeness (QED) is 0.517. The number of carbonyl (C=O) groups excluding carboxylic acids is 1. The van der Waals surface area contributed by atoms with Gasteiger partial charge in [0.2, 0.25) is 5.76 Å². The van der Waals surface area contributed by atoms with E-state index in [2.05, 4.69) is 4.74 Å². The minimum Gasteiger partial charge on any atom is -0.478 e. The molecule has 0 aliphatic carbocycles. The topological polar surface area (TPSA) is 72.8 Å². The highest BCUT2D eigenvalue weighted by atomic mass is 35.5. The molecule has 5 nitrogen and oxygen atoms in total. The number of rotatable bonds is 4. The number of aromatic carboxylic acids is 1. The van der Waals surface area contributed by atoms with E-state index in [0.29, 0.717) is 0 Å². The first-order valence-electron chi connectivity index (χ1n) is 4.95. The summed E-state index contributed by atoms with van der Waals surface area (Å²) in [7, 11) is 1.20.